The zero-order valence-electron chi connectivity index (χ0n) is 9.68. The fourth-order valence-electron chi connectivity index (χ4n) is 1.68. The second-order valence-corrected chi connectivity index (χ2v) is 3.46. The molecule has 0 saturated heterocycles. The Morgan fingerprint density at radius 2 is 2.00 bits per heavy atom. The van der Waals surface area contributed by atoms with Gasteiger partial charge in [-0.05, 0) is 24.6 Å². The molecule has 0 aliphatic rings. The molecule has 0 radical (unpaired) electrons. The van der Waals surface area contributed by atoms with Crippen molar-refractivity contribution < 1.29 is 39.1 Å². The number of benzene rings is 1. The van der Waals surface area contributed by atoms with Gasteiger partial charge in [-0.25, -0.2) is 4.79 Å². The molecule has 0 bridgehead atoms. The van der Waals surface area contributed by atoms with E-state index in [-0.39, 0.29) is 20.4 Å². The zero-order chi connectivity index (χ0) is 11.7. The van der Waals surface area contributed by atoms with E-state index in [9.17, 15) is 4.79 Å². The number of carbonyl (C=O) groups excluding carboxylic acids is 1. The van der Waals surface area contributed by atoms with E-state index in [1.165, 1.54) is 7.11 Å². The molecule has 2 rings (SSSR count). The summed E-state index contributed by atoms with van der Waals surface area (Å²) in [4.78, 5) is 11.4. The summed E-state index contributed by atoms with van der Waals surface area (Å²) < 4.78 is 15.2. The van der Waals surface area contributed by atoms with Crippen LogP contribution in [0.25, 0.3) is 11.0 Å². The number of fused-ring (bicyclic) bond motifs is 1. The Balaban J connectivity index is 0.00000144. The number of hydrogen-bond acceptors (Lipinski definition) is 4. The van der Waals surface area contributed by atoms with Gasteiger partial charge >= 0.3 is 26.4 Å². The van der Waals surface area contributed by atoms with Crippen LogP contribution in [0, 0.1) is 6.92 Å². The van der Waals surface area contributed by atoms with Gasteiger partial charge in [0.05, 0.1) is 31.4 Å². The maximum Gasteiger partial charge on any atom is 2.00 e. The molecule has 1 aromatic carbocycles. The Bertz CT molecular complexity index is 545. The fourth-order valence-corrected chi connectivity index (χ4v) is 1.68. The minimum Gasteiger partial charge on any atom is -0.496 e. The van der Waals surface area contributed by atoms with Crippen LogP contribution < -0.4 is 4.74 Å². The van der Waals surface area contributed by atoms with E-state index in [1.54, 1.807) is 25.5 Å². The minimum absolute atomic E-state index is 0. The van der Waals surface area contributed by atoms with Crippen LogP contribution in [-0.4, -0.2) is 20.2 Å². The molecule has 2 aromatic rings. The fraction of sp³-hybridized carbons (Fsp3) is 0.250. The Morgan fingerprint density at radius 3 is 2.59 bits per heavy atom. The summed E-state index contributed by atoms with van der Waals surface area (Å²) in [6, 6.07) is 3.30. The number of carbonyl (C=O) groups is 1. The number of rotatable bonds is 2. The van der Waals surface area contributed by atoms with Crippen molar-refractivity contribution in [2.45, 2.75) is 6.92 Å². The van der Waals surface area contributed by atoms with Crippen LogP contribution in [0.2, 0.25) is 0 Å². The standard InChI is InChI=1S/C12H12O4.Pd/c1-7-6-16-10-5-8(12(13)15-3)4-9(14-2)11(7)10;/h4-6H,1-3H3;/q;+2. The van der Waals surface area contributed by atoms with E-state index in [0.717, 1.165) is 10.9 Å². The first-order chi connectivity index (χ1) is 7.67. The molecular formula is C12H12O4Pd+2. The Morgan fingerprint density at radius 1 is 1.29 bits per heavy atom. The van der Waals surface area contributed by atoms with Gasteiger partial charge < -0.3 is 13.9 Å². The predicted molar refractivity (Wildman–Crippen MR) is 58.8 cm³/mol. The monoisotopic (exact) mass is 326 g/mol. The number of ether oxygens (including phenoxy) is 2. The summed E-state index contributed by atoms with van der Waals surface area (Å²) in [7, 11) is 2.90. The van der Waals surface area contributed by atoms with E-state index in [4.69, 9.17) is 9.15 Å². The normalized spacial score (nSPS) is 9.82. The molecule has 1 heterocycles. The number of hydrogen-bond donors (Lipinski definition) is 0. The average Bonchev–Trinajstić information content (AvgIpc) is 2.69. The molecular weight excluding hydrogens is 315 g/mol. The van der Waals surface area contributed by atoms with Crippen molar-refractivity contribution in [2.75, 3.05) is 14.2 Å². The van der Waals surface area contributed by atoms with Crippen LogP contribution in [0.3, 0.4) is 0 Å². The topological polar surface area (TPSA) is 48.7 Å². The van der Waals surface area contributed by atoms with Gasteiger partial charge in [0, 0.05) is 0 Å². The third kappa shape index (κ3) is 2.36. The molecule has 5 heteroatoms. The van der Waals surface area contributed by atoms with Crippen LogP contribution >= 0.6 is 0 Å². The first-order valence-electron chi connectivity index (χ1n) is 4.81. The molecule has 0 aliphatic heterocycles. The molecule has 0 N–H and O–H groups in total. The molecule has 0 amide bonds. The molecule has 0 fully saturated rings. The quantitative estimate of drug-likeness (QED) is 0.628. The maximum absolute atomic E-state index is 11.4. The van der Waals surface area contributed by atoms with Gasteiger partial charge in [0.25, 0.3) is 0 Å². The number of methoxy groups -OCH3 is 2. The number of aryl methyl sites for hydroxylation is 1. The minimum atomic E-state index is -0.408. The van der Waals surface area contributed by atoms with Gasteiger partial charge in [-0.15, -0.1) is 0 Å². The van der Waals surface area contributed by atoms with Crippen molar-refractivity contribution in [1.82, 2.24) is 0 Å². The first-order valence-corrected chi connectivity index (χ1v) is 4.81. The van der Waals surface area contributed by atoms with E-state index >= 15 is 0 Å². The summed E-state index contributed by atoms with van der Waals surface area (Å²) in [5, 5.41) is 0.884. The molecule has 1 aromatic heterocycles. The summed E-state index contributed by atoms with van der Waals surface area (Å²) >= 11 is 0. The third-order valence-electron chi connectivity index (χ3n) is 2.46. The Labute approximate surface area is 113 Å². The van der Waals surface area contributed by atoms with E-state index in [2.05, 4.69) is 4.74 Å². The van der Waals surface area contributed by atoms with E-state index in [1.807, 2.05) is 6.92 Å². The van der Waals surface area contributed by atoms with Gasteiger partial charge in [-0.1, -0.05) is 0 Å². The van der Waals surface area contributed by atoms with Crippen molar-refractivity contribution in [3.8, 4) is 5.75 Å². The molecule has 0 aliphatic carbocycles. The van der Waals surface area contributed by atoms with Crippen LogP contribution in [0.1, 0.15) is 15.9 Å². The van der Waals surface area contributed by atoms with E-state index in [0.29, 0.717) is 16.9 Å². The summed E-state index contributed by atoms with van der Waals surface area (Å²) in [5.74, 6) is 0.207. The van der Waals surface area contributed by atoms with Gasteiger partial charge in [0.15, 0.2) is 0 Å². The van der Waals surface area contributed by atoms with Gasteiger partial charge in [-0.2, -0.15) is 0 Å². The maximum atomic E-state index is 11.4. The van der Waals surface area contributed by atoms with E-state index < -0.39 is 5.97 Å². The molecule has 0 unspecified atom stereocenters. The largest absolute Gasteiger partial charge is 2.00 e. The molecule has 0 spiro atoms. The molecule has 0 saturated carbocycles. The smallest absolute Gasteiger partial charge is 0.496 e. The van der Waals surface area contributed by atoms with Crippen LogP contribution in [0.15, 0.2) is 22.8 Å². The average molecular weight is 327 g/mol. The van der Waals surface area contributed by atoms with Crippen LogP contribution in [0.4, 0.5) is 0 Å². The summed E-state index contributed by atoms with van der Waals surface area (Å²) in [5.41, 5.74) is 2.02. The molecule has 4 nitrogen and oxygen atoms in total. The van der Waals surface area contributed by atoms with Gasteiger partial charge in [0.1, 0.15) is 11.3 Å². The SMILES string of the molecule is COC(=O)c1cc(OC)c2c(C)coc2c1.[Pd+2]. The molecule has 17 heavy (non-hydrogen) atoms. The zero-order valence-corrected chi connectivity index (χ0v) is 11.2. The number of furan rings is 1. The molecule has 92 valence electrons. The Hall–Kier alpha value is -1.31. The third-order valence-corrected chi connectivity index (χ3v) is 2.46. The first kappa shape index (κ1) is 13.8. The molecule has 0 atom stereocenters. The summed E-state index contributed by atoms with van der Waals surface area (Å²) in [6.07, 6.45) is 1.63. The predicted octanol–water partition coefficient (Wildman–Crippen LogP) is 2.53. The van der Waals surface area contributed by atoms with Crippen molar-refractivity contribution >= 4 is 16.9 Å². The van der Waals surface area contributed by atoms with Crippen molar-refractivity contribution in [3.05, 3.63) is 29.5 Å². The van der Waals surface area contributed by atoms with Crippen LogP contribution in [0.5, 0.6) is 5.75 Å². The van der Waals surface area contributed by atoms with Gasteiger partial charge in [0.2, 0.25) is 0 Å². The summed E-state index contributed by atoms with van der Waals surface area (Å²) in [6.45, 7) is 1.92. The second kappa shape index (κ2) is 5.35. The Kier molecular flexibility index (Phi) is 4.33. The van der Waals surface area contributed by atoms with Gasteiger partial charge in [-0.3, -0.25) is 0 Å². The van der Waals surface area contributed by atoms with Crippen LogP contribution in [-0.2, 0) is 25.2 Å². The number of esters is 1. The van der Waals surface area contributed by atoms with Crippen molar-refractivity contribution in [1.29, 1.82) is 0 Å². The second-order valence-electron chi connectivity index (χ2n) is 3.46. The van der Waals surface area contributed by atoms with Crippen molar-refractivity contribution in [3.63, 3.8) is 0 Å². The van der Waals surface area contributed by atoms with Crippen molar-refractivity contribution in [2.24, 2.45) is 0 Å².